The van der Waals surface area contributed by atoms with Gasteiger partial charge in [0.2, 0.25) is 0 Å². The van der Waals surface area contributed by atoms with Crippen LogP contribution >= 0.6 is 15.9 Å². The number of aromatic nitrogens is 1. The minimum Gasteiger partial charge on any atom is -0.374 e. The number of ether oxygens (including phenoxy) is 1. The third-order valence-corrected chi connectivity index (χ3v) is 4.68. The van der Waals surface area contributed by atoms with Crippen LogP contribution in [0.1, 0.15) is 16.8 Å². The highest BCUT2D eigenvalue weighted by atomic mass is 79.9. The average molecular weight is 340 g/mol. The molecule has 0 radical (unpaired) electrons. The molecular weight excluding hydrogens is 322 g/mol. The minimum atomic E-state index is 0.0628. The van der Waals surface area contributed by atoms with E-state index in [-0.39, 0.29) is 18.1 Å². The molecule has 1 amide bonds. The summed E-state index contributed by atoms with van der Waals surface area (Å²) >= 11 is 3.41. The first-order valence-corrected chi connectivity index (χ1v) is 7.67. The van der Waals surface area contributed by atoms with Gasteiger partial charge in [-0.25, -0.2) is 0 Å². The number of nitrogens with zero attached hydrogens (tertiary/aromatic N) is 3. The first kappa shape index (κ1) is 14.0. The summed E-state index contributed by atoms with van der Waals surface area (Å²) < 4.78 is 6.58. The molecule has 1 aromatic rings. The number of carbonyl (C=O) groups excluding carboxylic acids is 1. The average Bonchev–Trinajstić information content (AvgIpc) is 2.46. The Hall–Kier alpha value is -0.980. The van der Waals surface area contributed by atoms with E-state index in [1.54, 1.807) is 18.5 Å². The van der Waals surface area contributed by atoms with Crippen LogP contribution in [0.25, 0.3) is 0 Å². The van der Waals surface area contributed by atoms with Crippen LogP contribution in [-0.4, -0.2) is 66.1 Å². The highest BCUT2D eigenvalue weighted by Gasteiger charge is 2.38. The number of piperidine rings is 1. The second-order valence-electron chi connectivity index (χ2n) is 5.38. The number of halogens is 1. The Morgan fingerprint density at radius 3 is 3.15 bits per heavy atom. The number of hydrogen-bond acceptors (Lipinski definition) is 4. The number of pyridine rings is 1. The molecule has 2 fully saturated rings. The second-order valence-corrected chi connectivity index (χ2v) is 6.24. The summed E-state index contributed by atoms with van der Waals surface area (Å²) in [6.45, 7) is 3.18. The molecule has 2 atom stereocenters. The van der Waals surface area contributed by atoms with Gasteiger partial charge in [-0.1, -0.05) is 0 Å². The van der Waals surface area contributed by atoms with E-state index in [4.69, 9.17) is 4.74 Å². The molecule has 0 spiro atoms. The number of fused-ring (bicyclic) bond motifs is 1. The zero-order valence-corrected chi connectivity index (χ0v) is 13.0. The van der Waals surface area contributed by atoms with E-state index in [1.165, 1.54) is 0 Å². The Balaban J connectivity index is 1.84. The van der Waals surface area contributed by atoms with Gasteiger partial charge in [0.25, 0.3) is 5.91 Å². The minimum absolute atomic E-state index is 0.0628. The molecule has 1 aromatic heterocycles. The number of rotatable bonds is 1. The van der Waals surface area contributed by atoms with Crippen LogP contribution in [0.3, 0.4) is 0 Å². The molecule has 20 heavy (non-hydrogen) atoms. The standard InChI is InChI=1S/C14H18BrN3O2/c1-17-5-3-13-12(9-17)18(6-7-20-13)14(19)10-2-4-16-8-11(10)15/h2,4,8,12-13H,3,5-7,9H2,1H3. The summed E-state index contributed by atoms with van der Waals surface area (Å²) in [6.07, 6.45) is 4.48. The molecule has 0 bridgehead atoms. The summed E-state index contributed by atoms with van der Waals surface area (Å²) in [4.78, 5) is 21.0. The summed E-state index contributed by atoms with van der Waals surface area (Å²) in [6, 6.07) is 1.92. The van der Waals surface area contributed by atoms with Crippen molar-refractivity contribution in [3.63, 3.8) is 0 Å². The van der Waals surface area contributed by atoms with Crippen molar-refractivity contribution < 1.29 is 9.53 Å². The quantitative estimate of drug-likeness (QED) is 0.775. The lowest BCUT2D eigenvalue weighted by molar-refractivity contribution is -0.0870. The Labute approximate surface area is 127 Å². The van der Waals surface area contributed by atoms with Crippen LogP contribution in [0.4, 0.5) is 0 Å². The maximum absolute atomic E-state index is 12.8. The third kappa shape index (κ3) is 2.60. The van der Waals surface area contributed by atoms with E-state index in [9.17, 15) is 4.79 Å². The van der Waals surface area contributed by atoms with Crippen LogP contribution in [0, 0.1) is 0 Å². The molecule has 0 aliphatic carbocycles. The maximum atomic E-state index is 12.8. The van der Waals surface area contributed by atoms with Crippen LogP contribution in [0.2, 0.25) is 0 Å². The summed E-state index contributed by atoms with van der Waals surface area (Å²) in [5.74, 6) is 0.0628. The van der Waals surface area contributed by atoms with Crippen molar-refractivity contribution in [2.24, 2.45) is 0 Å². The Morgan fingerprint density at radius 1 is 1.50 bits per heavy atom. The number of likely N-dealkylation sites (tertiary alicyclic amines) is 1. The van der Waals surface area contributed by atoms with Gasteiger partial charge < -0.3 is 14.5 Å². The molecule has 5 nitrogen and oxygen atoms in total. The topological polar surface area (TPSA) is 45.7 Å². The predicted octanol–water partition coefficient (Wildman–Crippen LogP) is 1.39. The van der Waals surface area contributed by atoms with Gasteiger partial charge >= 0.3 is 0 Å². The number of likely N-dealkylation sites (N-methyl/N-ethyl adjacent to an activating group) is 1. The number of hydrogen-bond donors (Lipinski definition) is 0. The second kappa shape index (κ2) is 5.79. The summed E-state index contributed by atoms with van der Waals surface area (Å²) in [5.41, 5.74) is 0.675. The Bertz CT molecular complexity index is 511. The molecule has 6 heteroatoms. The fourth-order valence-corrected chi connectivity index (χ4v) is 3.41. The molecule has 0 aromatic carbocycles. The zero-order chi connectivity index (χ0) is 14.1. The maximum Gasteiger partial charge on any atom is 0.255 e. The fraction of sp³-hybridized carbons (Fsp3) is 0.571. The first-order chi connectivity index (χ1) is 9.66. The van der Waals surface area contributed by atoms with Crippen molar-refractivity contribution in [3.05, 3.63) is 28.5 Å². The van der Waals surface area contributed by atoms with Gasteiger partial charge in [-0.2, -0.15) is 0 Å². The van der Waals surface area contributed by atoms with Crippen LogP contribution in [0.5, 0.6) is 0 Å². The third-order valence-electron chi connectivity index (χ3n) is 4.05. The molecule has 3 heterocycles. The van der Waals surface area contributed by atoms with Gasteiger partial charge in [-0.15, -0.1) is 0 Å². The molecule has 3 rings (SSSR count). The summed E-state index contributed by atoms with van der Waals surface area (Å²) in [5, 5.41) is 0. The smallest absolute Gasteiger partial charge is 0.255 e. The van der Waals surface area contributed by atoms with Crippen molar-refractivity contribution in [1.29, 1.82) is 0 Å². The Kier molecular flexibility index (Phi) is 4.05. The van der Waals surface area contributed by atoms with Crippen LogP contribution in [0.15, 0.2) is 22.9 Å². The highest BCUT2D eigenvalue weighted by molar-refractivity contribution is 9.10. The number of amides is 1. The van der Waals surface area contributed by atoms with E-state index in [0.29, 0.717) is 18.7 Å². The van der Waals surface area contributed by atoms with Gasteiger partial charge in [0.1, 0.15) is 0 Å². The summed E-state index contributed by atoms with van der Waals surface area (Å²) in [7, 11) is 2.09. The molecule has 2 aliphatic rings. The van der Waals surface area contributed by atoms with E-state index in [1.807, 2.05) is 4.90 Å². The van der Waals surface area contributed by atoms with Gasteiger partial charge in [0.15, 0.2) is 0 Å². The molecule has 2 unspecified atom stereocenters. The first-order valence-electron chi connectivity index (χ1n) is 6.87. The van der Waals surface area contributed by atoms with Crippen molar-refractivity contribution in [1.82, 2.24) is 14.8 Å². The lowest BCUT2D eigenvalue weighted by Crippen LogP contribution is -2.60. The van der Waals surface area contributed by atoms with E-state index >= 15 is 0 Å². The van der Waals surface area contributed by atoms with Gasteiger partial charge in [0.05, 0.1) is 24.3 Å². The van der Waals surface area contributed by atoms with Gasteiger partial charge in [0, 0.05) is 36.5 Å². The van der Waals surface area contributed by atoms with Crippen LogP contribution < -0.4 is 0 Å². The number of morpholine rings is 1. The van der Waals surface area contributed by atoms with Gasteiger partial charge in [-0.3, -0.25) is 9.78 Å². The van der Waals surface area contributed by atoms with Crippen LogP contribution in [-0.2, 0) is 4.74 Å². The Morgan fingerprint density at radius 2 is 2.35 bits per heavy atom. The van der Waals surface area contributed by atoms with E-state index in [0.717, 1.165) is 24.0 Å². The molecular formula is C14H18BrN3O2. The molecule has 2 saturated heterocycles. The highest BCUT2D eigenvalue weighted by Crippen LogP contribution is 2.25. The molecule has 0 N–H and O–H groups in total. The normalized spacial score (nSPS) is 27.2. The molecule has 108 valence electrons. The van der Waals surface area contributed by atoms with E-state index in [2.05, 4.69) is 32.9 Å². The van der Waals surface area contributed by atoms with E-state index < -0.39 is 0 Å². The van der Waals surface area contributed by atoms with Crippen molar-refractivity contribution in [2.45, 2.75) is 18.6 Å². The SMILES string of the molecule is CN1CCC2OCCN(C(=O)c3ccncc3Br)C2C1. The number of carbonyl (C=O) groups is 1. The van der Waals surface area contributed by atoms with Crippen molar-refractivity contribution in [3.8, 4) is 0 Å². The predicted molar refractivity (Wildman–Crippen MR) is 78.6 cm³/mol. The molecule has 2 aliphatic heterocycles. The zero-order valence-electron chi connectivity index (χ0n) is 11.5. The van der Waals surface area contributed by atoms with Gasteiger partial charge in [-0.05, 0) is 35.5 Å². The van der Waals surface area contributed by atoms with Crippen molar-refractivity contribution >= 4 is 21.8 Å². The lowest BCUT2D eigenvalue weighted by atomic mass is 9.98. The lowest BCUT2D eigenvalue weighted by Gasteiger charge is -2.46. The monoisotopic (exact) mass is 339 g/mol. The molecule has 0 saturated carbocycles. The fourth-order valence-electron chi connectivity index (χ4n) is 2.99. The van der Waals surface area contributed by atoms with Crippen molar-refractivity contribution in [2.75, 3.05) is 33.3 Å². The largest absolute Gasteiger partial charge is 0.374 e.